The molecule has 80 valence electrons. The minimum atomic E-state index is -2.77. The number of hydrogen-bond donors (Lipinski definition) is 0. The Labute approximate surface area is 90.2 Å². The summed E-state index contributed by atoms with van der Waals surface area (Å²) in [5, 5.41) is 0. The predicted molar refractivity (Wildman–Crippen MR) is 64.7 cm³/mol. The second-order valence-corrected chi connectivity index (χ2v) is 7.64. The molecule has 0 rings (SSSR count). The largest absolute Gasteiger partial charge is 0.229 e. The highest BCUT2D eigenvalue weighted by Crippen LogP contribution is 2.04. The molecule has 0 atom stereocenters. The topological polar surface area (TPSA) is 34.1 Å². The van der Waals surface area contributed by atoms with Crippen molar-refractivity contribution in [3.05, 3.63) is 0 Å². The van der Waals surface area contributed by atoms with Gasteiger partial charge in [0, 0.05) is 11.5 Å². The van der Waals surface area contributed by atoms with E-state index in [-0.39, 0.29) is 0 Å². The van der Waals surface area contributed by atoms with Gasteiger partial charge < -0.3 is 0 Å². The van der Waals surface area contributed by atoms with Crippen LogP contribution in [-0.4, -0.2) is 42.9 Å². The molecule has 0 heterocycles. The lowest BCUT2D eigenvalue weighted by Crippen LogP contribution is -2.14. The number of hydrogen-bond acceptors (Lipinski definition) is 4. The minimum Gasteiger partial charge on any atom is -0.229 e. The van der Waals surface area contributed by atoms with E-state index in [0.717, 1.165) is 23.0 Å². The van der Waals surface area contributed by atoms with Crippen molar-refractivity contribution < 1.29 is 8.42 Å². The number of sulfone groups is 1. The maximum atomic E-state index is 11.4. The number of rotatable bonds is 8. The van der Waals surface area contributed by atoms with Gasteiger partial charge in [-0.15, -0.1) is 0 Å². The van der Waals surface area contributed by atoms with Gasteiger partial charge in [0.25, 0.3) is 0 Å². The standard InChI is InChI=1S/C8H18O2S3/c1-3-11-5-7-13(9,10)8-6-12-4-2/h3-8H2,1-2H3. The van der Waals surface area contributed by atoms with Crippen LogP contribution in [0, 0.1) is 0 Å². The van der Waals surface area contributed by atoms with Gasteiger partial charge in [0.2, 0.25) is 0 Å². The monoisotopic (exact) mass is 242 g/mol. The lowest BCUT2D eigenvalue weighted by atomic mass is 10.9. The molecule has 0 aliphatic carbocycles. The first-order chi connectivity index (χ1) is 6.12. The SMILES string of the molecule is CCSCCS(=O)(=O)CCSCC. The molecular formula is C8H18O2S3. The van der Waals surface area contributed by atoms with Crippen molar-refractivity contribution in [3.8, 4) is 0 Å². The lowest BCUT2D eigenvalue weighted by Gasteiger charge is -2.02. The van der Waals surface area contributed by atoms with Crippen LogP contribution < -0.4 is 0 Å². The molecule has 5 heteroatoms. The molecule has 0 aromatic rings. The molecule has 0 aromatic carbocycles. The van der Waals surface area contributed by atoms with Crippen LogP contribution in [0.1, 0.15) is 13.8 Å². The molecule has 0 aliphatic heterocycles. The quantitative estimate of drug-likeness (QED) is 0.609. The Morgan fingerprint density at radius 3 is 1.62 bits per heavy atom. The summed E-state index contributed by atoms with van der Waals surface area (Å²) >= 11 is 3.38. The third-order valence-corrected chi connectivity index (χ3v) is 5.46. The molecule has 13 heavy (non-hydrogen) atoms. The van der Waals surface area contributed by atoms with Gasteiger partial charge in [0.05, 0.1) is 11.5 Å². The van der Waals surface area contributed by atoms with Gasteiger partial charge in [-0.1, -0.05) is 13.8 Å². The van der Waals surface area contributed by atoms with E-state index >= 15 is 0 Å². The Morgan fingerprint density at radius 1 is 0.923 bits per heavy atom. The molecule has 0 bridgehead atoms. The Balaban J connectivity index is 3.55. The van der Waals surface area contributed by atoms with Crippen molar-refractivity contribution in [2.75, 3.05) is 34.5 Å². The van der Waals surface area contributed by atoms with Gasteiger partial charge in [-0.3, -0.25) is 0 Å². The van der Waals surface area contributed by atoms with Gasteiger partial charge in [-0.25, -0.2) is 8.42 Å². The van der Waals surface area contributed by atoms with Crippen molar-refractivity contribution in [1.29, 1.82) is 0 Å². The first-order valence-corrected chi connectivity index (χ1v) is 8.61. The summed E-state index contributed by atoms with van der Waals surface area (Å²) in [5.74, 6) is 4.18. The van der Waals surface area contributed by atoms with Gasteiger partial charge in [0.15, 0.2) is 9.84 Å². The molecule has 0 amide bonds. The van der Waals surface area contributed by atoms with Crippen LogP contribution in [0.3, 0.4) is 0 Å². The van der Waals surface area contributed by atoms with Crippen molar-refractivity contribution in [3.63, 3.8) is 0 Å². The van der Waals surface area contributed by atoms with Crippen LogP contribution in [0.2, 0.25) is 0 Å². The zero-order chi connectivity index (χ0) is 10.2. The minimum absolute atomic E-state index is 0.343. The summed E-state index contributed by atoms with van der Waals surface area (Å²) < 4.78 is 22.7. The van der Waals surface area contributed by atoms with Crippen LogP contribution in [0.5, 0.6) is 0 Å². The third-order valence-electron chi connectivity index (χ3n) is 1.49. The summed E-state index contributed by atoms with van der Waals surface area (Å²) in [6, 6.07) is 0. The zero-order valence-electron chi connectivity index (χ0n) is 8.28. The molecule has 0 fully saturated rings. The van der Waals surface area contributed by atoms with E-state index in [1.165, 1.54) is 0 Å². The van der Waals surface area contributed by atoms with Gasteiger partial charge >= 0.3 is 0 Å². The Hall–Kier alpha value is 0.650. The van der Waals surface area contributed by atoms with Crippen molar-refractivity contribution in [2.24, 2.45) is 0 Å². The third kappa shape index (κ3) is 8.97. The maximum absolute atomic E-state index is 11.4. The molecule has 0 spiro atoms. The smallest absolute Gasteiger partial charge is 0.151 e. The summed E-state index contributed by atoms with van der Waals surface area (Å²) in [7, 11) is -2.77. The normalized spacial score (nSPS) is 11.8. The van der Waals surface area contributed by atoms with E-state index in [4.69, 9.17) is 0 Å². The van der Waals surface area contributed by atoms with Crippen molar-refractivity contribution >= 4 is 33.4 Å². The van der Waals surface area contributed by atoms with Crippen molar-refractivity contribution in [1.82, 2.24) is 0 Å². The summed E-state index contributed by atoms with van der Waals surface area (Å²) in [5.41, 5.74) is 0. The maximum Gasteiger partial charge on any atom is 0.151 e. The van der Waals surface area contributed by atoms with Crippen LogP contribution in [-0.2, 0) is 9.84 Å². The number of thioether (sulfide) groups is 2. The van der Waals surface area contributed by atoms with Crippen LogP contribution in [0.4, 0.5) is 0 Å². The highest BCUT2D eigenvalue weighted by atomic mass is 32.2. The zero-order valence-corrected chi connectivity index (χ0v) is 10.7. The molecule has 0 aromatic heterocycles. The van der Waals surface area contributed by atoms with E-state index in [0.29, 0.717) is 11.5 Å². The molecule has 0 saturated carbocycles. The first-order valence-electron chi connectivity index (χ1n) is 4.48. The van der Waals surface area contributed by atoms with Gasteiger partial charge in [-0.2, -0.15) is 23.5 Å². The summed E-state index contributed by atoms with van der Waals surface area (Å²) in [6.07, 6.45) is 0. The first kappa shape index (κ1) is 13.7. The molecule has 0 radical (unpaired) electrons. The van der Waals surface area contributed by atoms with E-state index in [2.05, 4.69) is 0 Å². The van der Waals surface area contributed by atoms with Crippen LogP contribution in [0.15, 0.2) is 0 Å². The second-order valence-electron chi connectivity index (χ2n) is 2.55. The molecule has 0 unspecified atom stereocenters. The van der Waals surface area contributed by atoms with Crippen molar-refractivity contribution in [2.45, 2.75) is 13.8 Å². The fourth-order valence-electron chi connectivity index (χ4n) is 0.763. The van der Waals surface area contributed by atoms with Crippen LogP contribution >= 0.6 is 23.5 Å². The average molecular weight is 242 g/mol. The molecule has 2 nitrogen and oxygen atoms in total. The molecule has 0 saturated heterocycles. The van der Waals surface area contributed by atoms with E-state index < -0.39 is 9.84 Å². The summed E-state index contributed by atoms with van der Waals surface area (Å²) in [6.45, 7) is 4.09. The van der Waals surface area contributed by atoms with Gasteiger partial charge in [0.1, 0.15) is 0 Å². The van der Waals surface area contributed by atoms with E-state index in [1.54, 1.807) is 23.5 Å². The van der Waals surface area contributed by atoms with E-state index in [9.17, 15) is 8.42 Å². The Bertz CT molecular complexity index is 183. The fraction of sp³-hybridized carbons (Fsp3) is 1.00. The van der Waals surface area contributed by atoms with Crippen LogP contribution in [0.25, 0.3) is 0 Å². The van der Waals surface area contributed by atoms with E-state index in [1.807, 2.05) is 13.8 Å². The molecule has 0 N–H and O–H groups in total. The fourth-order valence-corrected chi connectivity index (χ4v) is 4.52. The highest BCUT2D eigenvalue weighted by Gasteiger charge is 2.09. The molecule has 0 aliphatic rings. The van der Waals surface area contributed by atoms with Gasteiger partial charge in [-0.05, 0) is 11.5 Å². The highest BCUT2D eigenvalue weighted by molar-refractivity contribution is 8.01. The predicted octanol–water partition coefficient (Wildman–Crippen LogP) is 1.91. The Kier molecular flexibility index (Phi) is 8.40. The molecular weight excluding hydrogens is 224 g/mol. The summed E-state index contributed by atoms with van der Waals surface area (Å²) in [4.78, 5) is 0. The lowest BCUT2D eigenvalue weighted by molar-refractivity contribution is 0.599. The second kappa shape index (κ2) is 8.00. The Morgan fingerprint density at radius 2 is 1.31 bits per heavy atom. The average Bonchev–Trinajstić information content (AvgIpc) is 2.05.